The van der Waals surface area contributed by atoms with Crippen molar-refractivity contribution in [1.82, 2.24) is 10.3 Å². The number of carbonyl (C=O) groups is 2. The summed E-state index contributed by atoms with van der Waals surface area (Å²) >= 11 is 0. The number of carboxylic acids is 1. The average Bonchev–Trinajstić information content (AvgIpc) is 2.93. The van der Waals surface area contributed by atoms with E-state index in [1.165, 1.54) is 12.1 Å². The van der Waals surface area contributed by atoms with Gasteiger partial charge in [-0.3, -0.25) is 14.6 Å². The summed E-state index contributed by atoms with van der Waals surface area (Å²) in [6, 6.07) is 24.1. The molecule has 6 nitrogen and oxygen atoms in total. The second kappa shape index (κ2) is 12.5. The van der Waals surface area contributed by atoms with Crippen LogP contribution in [0.15, 0.2) is 91.1 Å². The number of rotatable bonds is 10. The van der Waals surface area contributed by atoms with Crippen molar-refractivity contribution in [2.24, 2.45) is 0 Å². The number of benzene rings is 3. The number of amides is 1. The van der Waals surface area contributed by atoms with Gasteiger partial charge in [-0.1, -0.05) is 54.6 Å². The van der Waals surface area contributed by atoms with Crippen LogP contribution in [-0.4, -0.2) is 28.5 Å². The molecule has 4 rings (SSSR count). The third-order valence-electron chi connectivity index (χ3n) is 5.97. The van der Waals surface area contributed by atoms with Crippen molar-refractivity contribution in [1.29, 1.82) is 0 Å². The highest BCUT2D eigenvalue weighted by molar-refractivity contribution is 5.92. The number of aliphatic carboxylic acids is 1. The number of nitrogens with one attached hydrogen (secondary N) is 2. The van der Waals surface area contributed by atoms with E-state index in [1.54, 1.807) is 24.4 Å². The molecule has 1 aromatic heterocycles. The summed E-state index contributed by atoms with van der Waals surface area (Å²) < 4.78 is 13.2. The Morgan fingerprint density at radius 2 is 1.61 bits per heavy atom. The maximum atomic E-state index is 13.2. The zero-order valence-electron chi connectivity index (χ0n) is 20.9. The third-order valence-corrected chi connectivity index (χ3v) is 5.97. The van der Waals surface area contributed by atoms with Gasteiger partial charge in [-0.2, -0.15) is 0 Å². The Balaban J connectivity index is 1.50. The summed E-state index contributed by atoms with van der Waals surface area (Å²) in [4.78, 5) is 27.2. The predicted molar refractivity (Wildman–Crippen MR) is 148 cm³/mol. The van der Waals surface area contributed by atoms with Crippen LogP contribution in [0.25, 0.3) is 28.3 Å². The van der Waals surface area contributed by atoms with Crippen LogP contribution in [0.5, 0.6) is 0 Å². The summed E-state index contributed by atoms with van der Waals surface area (Å²) in [5, 5.41) is 14.8. The minimum atomic E-state index is -0.973. The quantitative estimate of drug-likeness (QED) is 0.230. The van der Waals surface area contributed by atoms with Gasteiger partial charge in [-0.05, 0) is 71.1 Å². The van der Waals surface area contributed by atoms with E-state index in [1.807, 2.05) is 49.4 Å². The lowest BCUT2D eigenvalue weighted by molar-refractivity contribution is -0.136. The van der Waals surface area contributed by atoms with Crippen LogP contribution in [0.2, 0.25) is 0 Å². The lowest BCUT2D eigenvalue weighted by Crippen LogP contribution is -2.26. The zero-order valence-corrected chi connectivity index (χ0v) is 20.9. The van der Waals surface area contributed by atoms with Gasteiger partial charge in [0.2, 0.25) is 0 Å². The lowest BCUT2D eigenvalue weighted by atomic mass is 9.97. The molecule has 1 amide bonds. The number of carbonyl (C=O) groups excluding carboxylic acids is 1. The number of halogens is 1. The Morgan fingerprint density at radius 3 is 2.24 bits per heavy atom. The summed E-state index contributed by atoms with van der Waals surface area (Å²) in [6.45, 7) is 2.58. The Morgan fingerprint density at radius 1 is 0.921 bits per heavy atom. The molecule has 0 unspecified atom stereocenters. The average molecular weight is 510 g/mol. The van der Waals surface area contributed by atoms with E-state index in [2.05, 4.69) is 33.8 Å². The molecule has 7 heteroatoms. The highest BCUT2D eigenvalue weighted by Crippen LogP contribution is 2.27. The minimum absolute atomic E-state index is 0.0453. The molecule has 0 bridgehead atoms. The normalized spacial score (nSPS) is 10.9. The van der Waals surface area contributed by atoms with E-state index in [9.17, 15) is 14.0 Å². The van der Waals surface area contributed by atoms with Crippen LogP contribution >= 0.6 is 0 Å². The molecule has 3 aromatic carbocycles. The molecule has 0 aliphatic rings. The molecule has 1 heterocycles. The van der Waals surface area contributed by atoms with E-state index in [-0.39, 0.29) is 24.5 Å². The van der Waals surface area contributed by atoms with Crippen LogP contribution in [0.3, 0.4) is 0 Å². The van der Waals surface area contributed by atoms with Gasteiger partial charge in [0.1, 0.15) is 11.5 Å². The predicted octanol–water partition coefficient (Wildman–Crippen LogP) is 6.40. The molecule has 3 N–H and O–H groups in total. The minimum Gasteiger partial charge on any atom is -0.481 e. The molecule has 192 valence electrons. The Bertz CT molecular complexity index is 1430. The largest absolute Gasteiger partial charge is 0.481 e. The van der Waals surface area contributed by atoms with Gasteiger partial charge < -0.3 is 15.7 Å². The van der Waals surface area contributed by atoms with Crippen LogP contribution in [0.4, 0.5) is 10.1 Å². The summed E-state index contributed by atoms with van der Waals surface area (Å²) in [6.07, 6.45) is 5.50. The van der Waals surface area contributed by atoms with Gasteiger partial charge in [0.15, 0.2) is 0 Å². The number of carboxylic acid groups (broad SMARTS) is 1. The third kappa shape index (κ3) is 6.91. The van der Waals surface area contributed by atoms with Crippen molar-refractivity contribution in [3.8, 4) is 22.3 Å². The molecular formula is C31H28FN3O3. The molecule has 0 aliphatic heterocycles. The SMILES string of the molecule is CC=Cc1ccc(CNc2ccc(-c3ccc(F)cc3)cc2)c(-c2ccc(C(=O)NCCC(=O)O)nc2)c1. The number of pyridine rings is 1. The van der Waals surface area contributed by atoms with Crippen LogP contribution in [0.1, 0.15) is 35.0 Å². The maximum absolute atomic E-state index is 13.2. The van der Waals surface area contributed by atoms with E-state index in [0.717, 1.165) is 39.1 Å². The lowest BCUT2D eigenvalue weighted by Gasteiger charge is -2.14. The first-order chi connectivity index (χ1) is 18.4. The molecule has 0 fully saturated rings. The number of nitrogens with zero attached hydrogens (tertiary/aromatic N) is 1. The summed E-state index contributed by atoms with van der Waals surface area (Å²) in [5.41, 5.74) is 7.09. The van der Waals surface area contributed by atoms with Crippen molar-refractivity contribution < 1.29 is 19.1 Å². The monoisotopic (exact) mass is 509 g/mol. The Labute approximate surface area is 220 Å². The van der Waals surface area contributed by atoms with Gasteiger partial charge in [0.25, 0.3) is 5.91 Å². The molecule has 0 radical (unpaired) electrons. The topological polar surface area (TPSA) is 91.3 Å². The highest BCUT2D eigenvalue weighted by atomic mass is 19.1. The van der Waals surface area contributed by atoms with Crippen molar-refractivity contribution in [2.45, 2.75) is 19.9 Å². The molecule has 0 atom stereocenters. The molecule has 0 saturated heterocycles. The highest BCUT2D eigenvalue weighted by Gasteiger charge is 2.11. The second-order valence-corrected chi connectivity index (χ2v) is 8.69. The second-order valence-electron chi connectivity index (χ2n) is 8.69. The summed E-state index contributed by atoms with van der Waals surface area (Å²) in [7, 11) is 0. The zero-order chi connectivity index (χ0) is 26.9. The van der Waals surface area contributed by atoms with E-state index in [4.69, 9.17) is 5.11 Å². The smallest absolute Gasteiger partial charge is 0.305 e. The fraction of sp³-hybridized carbons (Fsp3) is 0.129. The molecule has 0 aliphatic carbocycles. The standard InChI is InChI=1S/C31H28FN3O3/c1-2-3-21-4-5-24(19-34-27-13-8-23(9-14-27)22-6-11-26(32)12-7-22)28(18-21)25-10-15-29(35-20-25)31(38)33-17-16-30(36)37/h2-15,18,20,34H,16-17,19H2,1H3,(H,33,38)(H,36,37). The van der Waals surface area contributed by atoms with Crippen molar-refractivity contribution in [3.63, 3.8) is 0 Å². The number of hydrogen-bond acceptors (Lipinski definition) is 4. The summed E-state index contributed by atoms with van der Waals surface area (Å²) in [5.74, 6) is -1.64. The first-order valence-corrected chi connectivity index (χ1v) is 12.2. The maximum Gasteiger partial charge on any atom is 0.305 e. The van der Waals surface area contributed by atoms with Gasteiger partial charge in [-0.25, -0.2) is 4.39 Å². The van der Waals surface area contributed by atoms with Gasteiger partial charge in [-0.15, -0.1) is 0 Å². The van der Waals surface area contributed by atoms with Crippen molar-refractivity contribution >= 4 is 23.6 Å². The van der Waals surface area contributed by atoms with Crippen LogP contribution < -0.4 is 10.6 Å². The fourth-order valence-corrected chi connectivity index (χ4v) is 3.99. The fourth-order valence-electron chi connectivity index (χ4n) is 3.99. The van der Waals surface area contributed by atoms with E-state index >= 15 is 0 Å². The number of hydrogen-bond donors (Lipinski definition) is 3. The molecule has 0 saturated carbocycles. The first-order valence-electron chi connectivity index (χ1n) is 12.2. The van der Waals surface area contributed by atoms with E-state index in [0.29, 0.717) is 6.54 Å². The Kier molecular flexibility index (Phi) is 8.61. The number of anilines is 1. The van der Waals surface area contributed by atoms with Gasteiger partial charge in [0, 0.05) is 30.5 Å². The number of aromatic nitrogens is 1. The van der Waals surface area contributed by atoms with Crippen molar-refractivity contribution in [3.05, 3.63) is 114 Å². The van der Waals surface area contributed by atoms with Crippen molar-refractivity contribution in [2.75, 3.05) is 11.9 Å². The van der Waals surface area contributed by atoms with Gasteiger partial charge >= 0.3 is 5.97 Å². The van der Waals surface area contributed by atoms with Gasteiger partial charge in [0.05, 0.1) is 6.42 Å². The number of allylic oxidation sites excluding steroid dienone is 1. The first kappa shape index (κ1) is 26.3. The molecule has 0 spiro atoms. The van der Waals surface area contributed by atoms with Crippen LogP contribution in [-0.2, 0) is 11.3 Å². The Hall–Kier alpha value is -4.78. The van der Waals surface area contributed by atoms with E-state index < -0.39 is 11.9 Å². The molecule has 4 aromatic rings. The molecule has 38 heavy (non-hydrogen) atoms. The molecular weight excluding hydrogens is 481 g/mol. The van der Waals surface area contributed by atoms with Crippen LogP contribution in [0, 0.1) is 5.82 Å².